The minimum Gasteiger partial charge on any atom is -0.467 e. The molecule has 24 heavy (non-hydrogen) atoms. The Morgan fingerprint density at radius 2 is 2.08 bits per heavy atom. The van der Waals surface area contributed by atoms with Crippen molar-refractivity contribution in [2.75, 3.05) is 5.75 Å². The summed E-state index contributed by atoms with van der Waals surface area (Å²) in [5.74, 6) is 1.78. The van der Waals surface area contributed by atoms with E-state index in [1.807, 2.05) is 0 Å². The van der Waals surface area contributed by atoms with Crippen molar-refractivity contribution < 1.29 is 18.1 Å². The molecule has 2 aromatic heterocycles. The number of nitrogens with one attached hydrogen (secondary N) is 1. The average Bonchev–Trinajstić information content (AvgIpc) is 3.25. The lowest BCUT2D eigenvalue weighted by molar-refractivity contribution is -0.118. The number of benzene rings is 1. The molecule has 0 bridgehead atoms. The molecular weight excluding hydrogens is 333 g/mol. The van der Waals surface area contributed by atoms with Crippen molar-refractivity contribution in [2.24, 2.45) is 0 Å². The number of aromatic nitrogens is 2. The lowest BCUT2D eigenvalue weighted by atomic mass is 10.2. The molecular formula is C16H14FN3O3S. The Morgan fingerprint density at radius 3 is 2.83 bits per heavy atom. The summed E-state index contributed by atoms with van der Waals surface area (Å²) >= 11 is 1.36. The smallest absolute Gasteiger partial charge is 0.236 e. The Morgan fingerprint density at radius 1 is 1.25 bits per heavy atom. The first-order valence-electron chi connectivity index (χ1n) is 7.16. The van der Waals surface area contributed by atoms with Crippen LogP contribution in [0.5, 0.6) is 0 Å². The topological polar surface area (TPSA) is 81.2 Å². The van der Waals surface area contributed by atoms with Gasteiger partial charge in [0.05, 0.1) is 24.3 Å². The maximum atomic E-state index is 12.9. The van der Waals surface area contributed by atoms with Crippen LogP contribution in [0.25, 0.3) is 11.4 Å². The minimum atomic E-state index is -0.321. The van der Waals surface area contributed by atoms with Crippen molar-refractivity contribution in [3.63, 3.8) is 0 Å². The first-order chi connectivity index (χ1) is 11.7. The van der Waals surface area contributed by atoms with Crippen LogP contribution >= 0.6 is 11.8 Å². The van der Waals surface area contributed by atoms with Crippen LogP contribution < -0.4 is 5.32 Å². The molecule has 0 saturated heterocycles. The molecule has 0 aliphatic rings. The highest BCUT2D eigenvalue weighted by atomic mass is 32.2. The number of hydrogen-bond acceptors (Lipinski definition) is 6. The van der Waals surface area contributed by atoms with E-state index < -0.39 is 0 Å². The quantitative estimate of drug-likeness (QED) is 0.707. The SMILES string of the molecule is O=C(CSCc1nc(-c2ccc(F)cc2)no1)NCc1ccco1. The van der Waals surface area contributed by atoms with Crippen LogP contribution in [0.3, 0.4) is 0 Å². The lowest BCUT2D eigenvalue weighted by Gasteiger charge is -2.01. The van der Waals surface area contributed by atoms with Crippen LogP contribution in [0.4, 0.5) is 4.39 Å². The third kappa shape index (κ3) is 4.45. The highest BCUT2D eigenvalue weighted by Gasteiger charge is 2.10. The van der Waals surface area contributed by atoms with Gasteiger partial charge in [0.2, 0.25) is 17.6 Å². The molecule has 3 rings (SSSR count). The van der Waals surface area contributed by atoms with Crippen LogP contribution in [0, 0.1) is 5.82 Å². The molecule has 1 amide bonds. The average molecular weight is 347 g/mol. The van der Waals surface area contributed by atoms with Crippen molar-refractivity contribution in [1.82, 2.24) is 15.5 Å². The van der Waals surface area contributed by atoms with Gasteiger partial charge in [-0.05, 0) is 36.4 Å². The van der Waals surface area contributed by atoms with Crippen molar-refractivity contribution >= 4 is 17.7 Å². The summed E-state index contributed by atoms with van der Waals surface area (Å²) in [7, 11) is 0. The van der Waals surface area contributed by atoms with Gasteiger partial charge in [-0.15, -0.1) is 11.8 Å². The van der Waals surface area contributed by atoms with Crippen molar-refractivity contribution in [3.05, 3.63) is 60.1 Å². The molecule has 0 unspecified atom stereocenters. The largest absolute Gasteiger partial charge is 0.467 e. The third-order valence-electron chi connectivity index (χ3n) is 3.07. The number of carbonyl (C=O) groups is 1. The van der Waals surface area contributed by atoms with E-state index in [4.69, 9.17) is 8.94 Å². The monoisotopic (exact) mass is 347 g/mol. The predicted octanol–water partition coefficient (Wildman–Crippen LogP) is 3.02. The number of nitrogens with zero attached hydrogens (tertiary/aromatic N) is 2. The minimum absolute atomic E-state index is 0.102. The second-order valence-electron chi connectivity index (χ2n) is 4.87. The van der Waals surface area contributed by atoms with Gasteiger partial charge in [0.1, 0.15) is 11.6 Å². The molecule has 0 radical (unpaired) electrons. The molecule has 124 valence electrons. The van der Waals surface area contributed by atoms with Gasteiger partial charge in [0, 0.05) is 5.56 Å². The van der Waals surface area contributed by atoms with E-state index >= 15 is 0 Å². The van der Waals surface area contributed by atoms with Crippen molar-refractivity contribution in [2.45, 2.75) is 12.3 Å². The Hall–Kier alpha value is -2.61. The molecule has 0 fully saturated rings. The zero-order valence-electron chi connectivity index (χ0n) is 12.6. The van der Waals surface area contributed by atoms with Gasteiger partial charge < -0.3 is 14.3 Å². The van der Waals surface area contributed by atoms with Gasteiger partial charge >= 0.3 is 0 Å². The Bertz CT molecular complexity index is 787. The molecule has 1 aromatic carbocycles. The van der Waals surface area contributed by atoms with E-state index in [0.29, 0.717) is 35.3 Å². The van der Waals surface area contributed by atoms with Crippen LogP contribution in [-0.2, 0) is 17.1 Å². The summed E-state index contributed by atoms with van der Waals surface area (Å²) in [6.45, 7) is 0.363. The van der Waals surface area contributed by atoms with Crippen LogP contribution in [-0.4, -0.2) is 21.8 Å². The summed E-state index contributed by atoms with van der Waals surface area (Å²) < 4.78 is 23.2. The molecule has 6 nitrogen and oxygen atoms in total. The summed E-state index contributed by atoms with van der Waals surface area (Å²) in [6.07, 6.45) is 1.56. The molecule has 2 heterocycles. The fraction of sp³-hybridized carbons (Fsp3) is 0.188. The maximum Gasteiger partial charge on any atom is 0.236 e. The normalized spacial score (nSPS) is 10.7. The third-order valence-corrected chi connectivity index (χ3v) is 3.99. The first kappa shape index (κ1) is 16.3. The van der Waals surface area contributed by atoms with Crippen LogP contribution in [0.2, 0.25) is 0 Å². The van der Waals surface area contributed by atoms with E-state index in [9.17, 15) is 9.18 Å². The number of furan rings is 1. The molecule has 0 saturated carbocycles. The van der Waals surface area contributed by atoms with Gasteiger partial charge in [-0.3, -0.25) is 4.79 Å². The van der Waals surface area contributed by atoms with E-state index in [1.165, 1.54) is 23.9 Å². The molecule has 1 N–H and O–H groups in total. The van der Waals surface area contributed by atoms with E-state index in [1.54, 1.807) is 30.5 Å². The summed E-state index contributed by atoms with van der Waals surface area (Å²) in [5, 5.41) is 6.60. The van der Waals surface area contributed by atoms with Gasteiger partial charge in [-0.2, -0.15) is 4.98 Å². The number of amides is 1. The summed E-state index contributed by atoms with van der Waals surface area (Å²) in [6, 6.07) is 9.40. The van der Waals surface area contributed by atoms with E-state index in [-0.39, 0.29) is 17.5 Å². The van der Waals surface area contributed by atoms with Crippen molar-refractivity contribution in [1.29, 1.82) is 0 Å². The number of thioether (sulfide) groups is 1. The maximum absolute atomic E-state index is 12.9. The molecule has 3 aromatic rings. The number of rotatable bonds is 7. The zero-order valence-corrected chi connectivity index (χ0v) is 13.4. The molecule has 0 aliphatic heterocycles. The van der Waals surface area contributed by atoms with E-state index in [2.05, 4.69) is 15.5 Å². The van der Waals surface area contributed by atoms with Gasteiger partial charge in [-0.25, -0.2) is 4.39 Å². The Kier molecular flexibility index (Phi) is 5.27. The van der Waals surface area contributed by atoms with Gasteiger partial charge in [0.15, 0.2) is 0 Å². The number of hydrogen-bond donors (Lipinski definition) is 1. The lowest BCUT2D eigenvalue weighted by Crippen LogP contribution is -2.24. The molecule has 0 spiro atoms. The Labute approximate surface area is 141 Å². The fourth-order valence-electron chi connectivity index (χ4n) is 1.91. The number of carbonyl (C=O) groups excluding carboxylic acids is 1. The fourth-order valence-corrected chi connectivity index (χ4v) is 2.59. The first-order valence-corrected chi connectivity index (χ1v) is 8.31. The highest BCUT2D eigenvalue weighted by molar-refractivity contribution is 7.99. The number of halogens is 1. The highest BCUT2D eigenvalue weighted by Crippen LogP contribution is 2.18. The van der Waals surface area contributed by atoms with Gasteiger partial charge in [0.25, 0.3) is 0 Å². The molecule has 8 heteroatoms. The summed E-state index contributed by atoms with van der Waals surface area (Å²) in [4.78, 5) is 15.9. The van der Waals surface area contributed by atoms with E-state index in [0.717, 1.165) is 0 Å². The predicted molar refractivity (Wildman–Crippen MR) is 86.4 cm³/mol. The van der Waals surface area contributed by atoms with Crippen LogP contribution in [0.15, 0.2) is 51.6 Å². The molecule has 0 atom stereocenters. The summed E-state index contributed by atoms with van der Waals surface area (Å²) in [5.41, 5.74) is 0.674. The van der Waals surface area contributed by atoms with Gasteiger partial charge in [-0.1, -0.05) is 5.16 Å². The Balaban J connectivity index is 1.43. The second kappa shape index (κ2) is 7.78. The second-order valence-corrected chi connectivity index (χ2v) is 5.85. The standard InChI is InChI=1S/C16H14FN3O3S/c17-12-5-3-11(4-6-12)16-19-15(23-20-16)10-24-9-14(21)18-8-13-2-1-7-22-13/h1-7H,8-10H2,(H,18,21). The van der Waals surface area contributed by atoms with Crippen LogP contribution in [0.1, 0.15) is 11.7 Å². The zero-order chi connectivity index (χ0) is 16.8. The van der Waals surface area contributed by atoms with Crippen molar-refractivity contribution in [3.8, 4) is 11.4 Å². The molecule has 0 aliphatic carbocycles.